The van der Waals surface area contributed by atoms with Crippen LogP contribution in [-0.4, -0.2) is 36.1 Å². The third-order valence-electron chi connectivity index (χ3n) is 4.65. The maximum absolute atomic E-state index is 12.6. The summed E-state index contributed by atoms with van der Waals surface area (Å²) >= 11 is 0. The number of nitrogens with one attached hydrogen (secondary N) is 2. The first-order chi connectivity index (χ1) is 8.95. The number of carbonyl (C=O) groups is 2. The molecule has 2 aliphatic rings. The van der Waals surface area contributed by atoms with Crippen molar-refractivity contribution >= 4 is 11.9 Å². The number of carboxylic acids is 1. The van der Waals surface area contributed by atoms with Crippen LogP contribution in [0.1, 0.15) is 39.5 Å². The van der Waals surface area contributed by atoms with Crippen molar-refractivity contribution in [3.63, 3.8) is 0 Å². The van der Waals surface area contributed by atoms with Crippen molar-refractivity contribution < 1.29 is 14.7 Å². The zero-order valence-corrected chi connectivity index (χ0v) is 11.7. The average Bonchev–Trinajstić information content (AvgIpc) is 3.04. The summed E-state index contributed by atoms with van der Waals surface area (Å²) in [6.45, 7) is 5.69. The standard InChI is InChI=1S/C14H24N2O3/c1-9(2)14(5-6-15-8-14)13(19)16-11(7-12(17)18)10-3-4-10/h9-11,15H,3-8H2,1-2H3,(H,16,19)(H,17,18). The van der Waals surface area contributed by atoms with E-state index in [0.717, 1.165) is 25.8 Å². The molecular formula is C14H24N2O3. The molecule has 1 aliphatic heterocycles. The van der Waals surface area contributed by atoms with Crippen molar-refractivity contribution in [3.05, 3.63) is 0 Å². The van der Waals surface area contributed by atoms with Crippen LogP contribution >= 0.6 is 0 Å². The lowest BCUT2D eigenvalue weighted by Gasteiger charge is -2.33. The Kier molecular flexibility index (Phi) is 4.13. The first kappa shape index (κ1) is 14.3. The van der Waals surface area contributed by atoms with Gasteiger partial charge in [-0.25, -0.2) is 0 Å². The van der Waals surface area contributed by atoms with Gasteiger partial charge in [-0.3, -0.25) is 9.59 Å². The Bertz CT molecular complexity index is 358. The second-order valence-corrected chi connectivity index (χ2v) is 6.25. The quantitative estimate of drug-likeness (QED) is 0.671. The topological polar surface area (TPSA) is 78.4 Å². The summed E-state index contributed by atoms with van der Waals surface area (Å²) < 4.78 is 0. The molecule has 5 nitrogen and oxygen atoms in total. The average molecular weight is 268 g/mol. The fraction of sp³-hybridized carbons (Fsp3) is 0.857. The van der Waals surface area contributed by atoms with Crippen LogP contribution in [0.4, 0.5) is 0 Å². The van der Waals surface area contributed by atoms with E-state index in [1.807, 2.05) is 0 Å². The molecule has 3 N–H and O–H groups in total. The highest BCUT2D eigenvalue weighted by molar-refractivity contribution is 5.84. The van der Waals surface area contributed by atoms with Gasteiger partial charge in [0.15, 0.2) is 0 Å². The molecule has 0 spiro atoms. The first-order valence-electron chi connectivity index (χ1n) is 7.19. The number of amides is 1. The first-order valence-corrected chi connectivity index (χ1v) is 7.19. The van der Waals surface area contributed by atoms with Gasteiger partial charge in [0, 0.05) is 12.6 Å². The van der Waals surface area contributed by atoms with E-state index in [-0.39, 0.29) is 29.7 Å². The molecular weight excluding hydrogens is 244 g/mol. The highest BCUT2D eigenvalue weighted by atomic mass is 16.4. The molecule has 19 heavy (non-hydrogen) atoms. The van der Waals surface area contributed by atoms with Crippen LogP contribution in [0.15, 0.2) is 0 Å². The Labute approximate surface area is 114 Å². The van der Waals surface area contributed by atoms with Gasteiger partial charge >= 0.3 is 5.97 Å². The fourth-order valence-corrected chi connectivity index (χ4v) is 2.99. The summed E-state index contributed by atoms with van der Waals surface area (Å²) in [5, 5.41) is 15.2. The van der Waals surface area contributed by atoms with Gasteiger partial charge < -0.3 is 15.7 Å². The molecule has 1 amide bonds. The molecule has 2 unspecified atom stereocenters. The Balaban J connectivity index is 2.03. The van der Waals surface area contributed by atoms with E-state index in [4.69, 9.17) is 5.11 Å². The van der Waals surface area contributed by atoms with Gasteiger partial charge in [-0.1, -0.05) is 13.8 Å². The minimum absolute atomic E-state index is 0.0330. The second-order valence-electron chi connectivity index (χ2n) is 6.25. The van der Waals surface area contributed by atoms with Crippen molar-refractivity contribution in [1.29, 1.82) is 0 Å². The molecule has 0 radical (unpaired) electrons. The SMILES string of the molecule is CC(C)C1(C(=O)NC(CC(=O)O)C2CC2)CCNC1. The van der Waals surface area contributed by atoms with E-state index < -0.39 is 5.97 Å². The predicted molar refractivity (Wildman–Crippen MR) is 71.7 cm³/mol. The van der Waals surface area contributed by atoms with Crippen LogP contribution in [0.5, 0.6) is 0 Å². The zero-order valence-electron chi connectivity index (χ0n) is 11.7. The molecule has 2 fully saturated rings. The van der Waals surface area contributed by atoms with Gasteiger partial charge in [0.05, 0.1) is 11.8 Å². The number of aliphatic carboxylic acids is 1. The third kappa shape index (κ3) is 3.08. The summed E-state index contributed by atoms with van der Waals surface area (Å²) in [6, 6.07) is -0.193. The van der Waals surface area contributed by atoms with Gasteiger partial charge in [-0.15, -0.1) is 0 Å². The maximum Gasteiger partial charge on any atom is 0.305 e. The lowest BCUT2D eigenvalue weighted by molar-refractivity contribution is -0.138. The number of carboxylic acid groups (broad SMARTS) is 1. The van der Waals surface area contributed by atoms with E-state index in [2.05, 4.69) is 24.5 Å². The largest absolute Gasteiger partial charge is 0.481 e. The van der Waals surface area contributed by atoms with E-state index in [9.17, 15) is 9.59 Å². The van der Waals surface area contributed by atoms with Crippen molar-refractivity contribution in [2.45, 2.75) is 45.6 Å². The minimum Gasteiger partial charge on any atom is -0.481 e. The molecule has 2 atom stereocenters. The molecule has 0 aromatic carbocycles. The van der Waals surface area contributed by atoms with Crippen molar-refractivity contribution in [2.24, 2.45) is 17.3 Å². The maximum atomic E-state index is 12.6. The molecule has 5 heteroatoms. The van der Waals surface area contributed by atoms with Gasteiger partial charge in [-0.05, 0) is 37.6 Å². The van der Waals surface area contributed by atoms with E-state index in [0.29, 0.717) is 12.5 Å². The highest BCUT2D eigenvalue weighted by Gasteiger charge is 2.45. The van der Waals surface area contributed by atoms with Gasteiger partial charge in [0.2, 0.25) is 5.91 Å². The van der Waals surface area contributed by atoms with Crippen molar-refractivity contribution in [1.82, 2.24) is 10.6 Å². The minimum atomic E-state index is -0.833. The van der Waals surface area contributed by atoms with Gasteiger partial charge in [0.1, 0.15) is 0 Å². The lowest BCUT2D eigenvalue weighted by Crippen LogP contribution is -2.50. The Morgan fingerprint density at radius 1 is 1.42 bits per heavy atom. The number of hydrogen-bond donors (Lipinski definition) is 3. The van der Waals surface area contributed by atoms with Crippen LogP contribution in [0.2, 0.25) is 0 Å². The van der Waals surface area contributed by atoms with E-state index in [1.165, 1.54) is 0 Å². The number of carbonyl (C=O) groups excluding carboxylic acids is 1. The summed E-state index contributed by atoms with van der Waals surface area (Å²) in [4.78, 5) is 23.5. The monoisotopic (exact) mass is 268 g/mol. The number of rotatable bonds is 6. The zero-order chi connectivity index (χ0) is 14.0. The Morgan fingerprint density at radius 3 is 2.53 bits per heavy atom. The van der Waals surface area contributed by atoms with Gasteiger partial charge in [-0.2, -0.15) is 0 Å². The molecule has 1 saturated heterocycles. The molecule has 1 aliphatic carbocycles. The Hall–Kier alpha value is -1.10. The van der Waals surface area contributed by atoms with Crippen LogP contribution < -0.4 is 10.6 Å². The third-order valence-corrected chi connectivity index (χ3v) is 4.65. The summed E-state index contributed by atoms with van der Waals surface area (Å²) in [7, 11) is 0. The summed E-state index contributed by atoms with van der Waals surface area (Å²) in [5.74, 6) is -0.184. The van der Waals surface area contributed by atoms with E-state index >= 15 is 0 Å². The highest BCUT2D eigenvalue weighted by Crippen LogP contribution is 2.37. The molecule has 0 aromatic heterocycles. The van der Waals surface area contributed by atoms with Crippen molar-refractivity contribution in [3.8, 4) is 0 Å². The van der Waals surface area contributed by atoms with Crippen LogP contribution in [0.25, 0.3) is 0 Å². The lowest BCUT2D eigenvalue weighted by atomic mass is 9.75. The fourth-order valence-electron chi connectivity index (χ4n) is 2.99. The van der Waals surface area contributed by atoms with Gasteiger partial charge in [0.25, 0.3) is 0 Å². The predicted octanol–water partition coefficient (Wildman–Crippen LogP) is 0.992. The van der Waals surface area contributed by atoms with Crippen LogP contribution in [-0.2, 0) is 9.59 Å². The van der Waals surface area contributed by atoms with Crippen molar-refractivity contribution in [2.75, 3.05) is 13.1 Å². The molecule has 108 valence electrons. The smallest absolute Gasteiger partial charge is 0.305 e. The van der Waals surface area contributed by atoms with Crippen LogP contribution in [0, 0.1) is 17.3 Å². The molecule has 0 bridgehead atoms. The molecule has 2 rings (SSSR count). The van der Waals surface area contributed by atoms with E-state index in [1.54, 1.807) is 0 Å². The number of hydrogen-bond acceptors (Lipinski definition) is 3. The summed E-state index contributed by atoms with van der Waals surface area (Å²) in [5.41, 5.74) is -0.369. The molecule has 0 aromatic rings. The normalized spacial score (nSPS) is 28.4. The van der Waals surface area contributed by atoms with Crippen LogP contribution in [0.3, 0.4) is 0 Å². The Morgan fingerprint density at radius 2 is 2.11 bits per heavy atom. The molecule has 1 heterocycles. The second kappa shape index (κ2) is 5.49. The molecule has 1 saturated carbocycles. The summed E-state index contributed by atoms with van der Waals surface area (Å²) in [6.07, 6.45) is 2.94.